The number of hydrogen-bond donors (Lipinski definition) is 2. The summed E-state index contributed by atoms with van der Waals surface area (Å²) in [5, 5.41) is 5.41. The lowest BCUT2D eigenvalue weighted by atomic mass is 10.2. The van der Waals surface area contributed by atoms with Gasteiger partial charge in [-0.15, -0.1) is 11.3 Å². The summed E-state index contributed by atoms with van der Waals surface area (Å²) in [6.07, 6.45) is 3.07. The molecule has 0 unspecified atom stereocenters. The van der Waals surface area contributed by atoms with Crippen LogP contribution in [0.3, 0.4) is 0 Å². The third-order valence-electron chi connectivity index (χ3n) is 2.38. The highest BCUT2D eigenvalue weighted by Crippen LogP contribution is 2.15. The van der Waals surface area contributed by atoms with Gasteiger partial charge in [0.1, 0.15) is 0 Å². The number of anilines is 1. The van der Waals surface area contributed by atoms with Crippen LogP contribution < -0.4 is 10.6 Å². The molecule has 0 aliphatic heterocycles. The Labute approximate surface area is 113 Å². The summed E-state index contributed by atoms with van der Waals surface area (Å²) >= 11 is 1.43. The Balaban J connectivity index is 2.08. The molecular weight excluding hydrogens is 267 g/mol. The summed E-state index contributed by atoms with van der Waals surface area (Å²) in [7, 11) is 0. The van der Waals surface area contributed by atoms with Crippen molar-refractivity contribution >= 4 is 23.1 Å². The molecule has 100 valence electrons. The van der Waals surface area contributed by atoms with Gasteiger partial charge in [-0.2, -0.15) is 0 Å². The van der Waals surface area contributed by atoms with Crippen LogP contribution in [0.4, 0.5) is 10.2 Å². The molecule has 2 aromatic rings. The minimum absolute atomic E-state index is 0.0181. The van der Waals surface area contributed by atoms with E-state index in [0.717, 1.165) is 4.88 Å². The second kappa shape index (κ2) is 6.24. The molecule has 0 fully saturated rings. The molecule has 2 heterocycles. The van der Waals surface area contributed by atoms with E-state index in [1.807, 2.05) is 6.92 Å². The number of hydrogen-bond acceptors (Lipinski definition) is 5. The van der Waals surface area contributed by atoms with Crippen molar-refractivity contribution in [3.05, 3.63) is 40.2 Å². The fourth-order valence-electron chi connectivity index (χ4n) is 1.50. The Morgan fingerprint density at radius 1 is 1.53 bits per heavy atom. The molecule has 0 aromatic carbocycles. The topological polar surface area (TPSA) is 66.9 Å². The summed E-state index contributed by atoms with van der Waals surface area (Å²) in [5.74, 6) is -1.01. The Morgan fingerprint density at radius 3 is 3.05 bits per heavy atom. The lowest BCUT2D eigenvalue weighted by Gasteiger charge is -2.08. The fourth-order valence-corrected chi connectivity index (χ4v) is 2.04. The number of halogens is 1. The molecule has 2 N–H and O–H groups in total. The second-order valence-electron chi connectivity index (χ2n) is 3.70. The van der Waals surface area contributed by atoms with Crippen LogP contribution in [-0.2, 0) is 6.54 Å². The number of rotatable bonds is 5. The standard InChI is InChI=1S/C12H13FN4OS/c1-2-15-11-10(13)9(3-4-16-11)12(18)17-6-8-5-14-7-19-8/h3-5,7H,2,6H2,1H3,(H,15,16)(H,17,18). The van der Waals surface area contributed by atoms with E-state index >= 15 is 0 Å². The summed E-state index contributed by atoms with van der Waals surface area (Å²) in [6.45, 7) is 2.70. The van der Waals surface area contributed by atoms with E-state index in [1.54, 1.807) is 11.7 Å². The monoisotopic (exact) mass is 280 g/mol. The molecular formula is C12H13FN4OS. The molecule has 0 atom stereocenters. The zero-order chi connectivity index (χ0) is 13.7. The minimum Gasteiger partial charge on any atom is -0.368 e. The van der Waals surface area contributed by atoms with E-state index in [-0.39, 0.29) is 11.4 Å². The van der Waals surface area contributed by atoms with Crippen LogP contribution in [0.2, 0.25) is 0 Å². The maximum Gasteiger partial charge on any atom is 0.254 e. The van der Waals surface area contributed by atoms with Crippen molar-refractivity contribution in [3.8, 4) is 0 Å². The number of aromatic nitrogens is 2. The SMILES string of the molecule is CCNc1nccc(C(=O)NCc2cncs2)c1F. The quantitative estimate of drug-likeness (QED) is 0.879. The van der Waals surface area contributed by atoms with Gasteiger partial charge < -0.3 is 10.6 Å². The van der Waals surface area contributed by atoms with Crippen molar-refractivity contribution in [2.24, 2.45) is 0 Å². The maximum atomic E-state index is 14.0. The van der Waals surface area contributed by atoms with Crippen LogP contribution in [0.5, 0.6) is 0 Å². The zero-order valence-corrected chi connectivity index (χ0v) is 11.1. The number of thiazole rings is 1. The summed E-state index contributed by atoms with van der Waals surface area (Å²) in [5.41, 5.74) is 1.66. The van der Waals surface area contributed by atoms with E-state index in [1.165, 1.54) is 23.6 Å². The number of carbonyl (C=O) groups excluding carboxylic acids is 1. The number of carbonyl (C=O) groups is 1. The van der Waals surface area contributed by atoms with Gasteiger partial charge in [-0.1, -0.05) is 0 Å². The highest BCUT2D eigenvalue weighted by molar-refractivity contribution is 7.09. The minimum atomic E-state index is -0.633. The number of nitrogens with one attached hydrogen (secondary N) is 2. The summed E-state index contributed by atoms with van der Waals surface area (Å²) in [6, 6.07) is 1.36. The van der Waals surface area contributed by atoms with Crippen LogP contribution in [0.25, 0.3) is 0 Å². The summed E-state index contributed by atoms with van der Waals surface area (Å²) in [4.78, 5) is 20.6. The third-order valence-corrected chi connectivity index (χ3v) is 3.16. The van der Waals surface area contributed by atoms with Crippen LogP contribution >= 0.6 is 11.3 Å². The highest BCUT2D eigenvalue weighted by atomic mass is 32.1. The maximum absolute atomic E-state index is 14.0. The van der Waals surface area contributed by atoms with E-state index in [0.29, 0.717) is 13.1 Å². The van der Waals surface area contributed by atoms with Gasteiger partial charge in [0.25, 0.3) is 5.91 Å². The fraction of sp³-hybridized carbons (Fsp3) is 0.250. The van der Waals surface area contributed by atoms with E-state index in [9.17, 15) is 9.18 Å². The average molecular weight is 280 g/mol. The van der Waals surface area contributed by atoms with Crippen molar-refractivity contribution in [2.75, 3.05) is 11.9 Å². The Hall–Kier alpha value is -2.02. The van der Waals surface area contributed by atoms with Crippen molar-refractivity contribution in [2.45, 2.75) is 13.5 Å². The molecule has 0 spiro atoms. The lowest BCUT2D eigenvalue weighted by Crippen LogP contribution is -2.24. The van der Waals surface area contributed by atoms with Crippen LogP contribution in [0.1, 0.15) is 22.2 Å². The van der Waals surface area contributed by atoms with Gasteiger partial charge in [0.15, 0.2) is 11.6 Å². The third kappa shape index (κ3) is 3.25. The number of amides is 1. The lowest BCUT2D eigenvalue weighted by molar-refractivity contribution is 0.0947. The Bertz CT molecular complexity index is 559. The highest BCUT2D eigenvalue weighted by Gasteiger charge is 2.15. The first-order chi connectivity index (χ1) is 9.22. The number of pyridine rings is 1. The molecule has 1 amide bonds. The first kappa shape index (κ1) is 13.4. The Morgan fingerprint density at radius 2 is 2.37 bits per heavy atom. The van der Waals surface area contributed by atoms with Gasteiger partial charge in [0.2, 0.25) is 0 Å². The second-order valence-corrected chi connectivity index (χ2v) is 4.67. The molecule has 0 saturated carbocycles. The predicted octanol–water partition coefficient (Wildman–Crippen LogP) is 2.04. The molecule has 0 aliphatic rings. The van der Waals surface area contributed by atoms with Crippen LogP contribution in [0.15, 0.2) is 24.0 Å². The first-order valence-electron chi connectivity index (χ1n) is 5.76. The number of nitrogens with zero attached hydrogens (tertiary/aromatic N) is 2. The molecule has 0 aliphatic carbocycles. The molecule has 7 heteroatoms. The molecule has 2 aromatic heterocycles. The van der Waals surface area contributed by atoms with Gasteiger partial charge in [-0.3, -0.25) is 9.78 Å². The van der Waals surface area contributed by atoms with E-state index < -0.39 is 11.7 Å². The normalized spacial score (nSPS) is 10.2. The Kier molecular flexibility index (Phi) is 4.40. The van der Waals surface area contributed by atoms with Crippen molar-refractivity contribution in [1.82, 2.24) is 15.3 Å². The largest absolute Gasteiger partial charge is 0.368 e. The first-order valence-corrected chi connectivity index (χ1v) is 6.64. The van der Waals surface area contributed by atoms with Crippen LogP contribution in [-0.4, -0.2) is 22.4 Å². The van der Waals surface area contributed by atoms with Crippen molar-refractivity contribution < 1.29 is 9.18 Å². The molecule has 2 rings (SSSR count). The van der Waals surface area contributed by atoms with E-state index in [4.69, 9.17) is 0 Å². The molecule has 5 nitrogen and oxygen atoms in total. The zero-order valence-electron chi connectivity index (χ0n) is 10.3. The van der Waals surface area contributed by atoms with Gasteiger partial charge in [0.05, 0.1) is 17.6 Å². The predicted molar refractivity (Wildman–Crippen MR) is 71.6 cm³/mol. The molecule has 0 radical (unpaired) electrons. The molecule has 19 heavy (non-hydrogen) atoms. The van der Waals surface area contributed by atoms with Gasteiger partial charge >= 0.3 is 0 Å². The van der Waals surface area contributed by atoms with E-state index in [2.05, 4.69) is 20.6 Å². The van der Waals surface area contributed by atoms with Crippen molar-refractivity contribution in [1.29, 1.82) is 0 Å². The van der Waals surface area contributed by atoms with Gasteiger partial charge in [-0.05, 0) is 13.0 Å². The summed E-state index contributed by atoms with van der Waals surface area (Å²) < 4.78 is 14.0. The van der Waals surface area contributed by atoms with Gasteiger partial charge in [-0.25, -0.2) is 9.37 Å². The smallest absolute Gasteiger partial charge is 0.254 e. The molecule has 0 saturated heterocycles. The van der Waals surface area contributed by atoms with Gasteiger partial charge in [0, 0.05) is 23.8 Å². The van der Waals surface area contributed by atoms with Crippen molar-refractivity contribution in [3.63, 3.8) is 0 Å². The molecule has 0 bridgehead atoms. The van der Waals surface area contributed by atoms with Crippen LogP contribution in [0, 0.1) is 5.82 Å². The average Bonchev–Trinajstić information content (AvgIpc) is 2.92.